The minimum atomic E-state index is -0.537. The molecule has 0 saturated carbocycles. The van der Waals surface area contributed by atoms with Crippen LogP contribution in [0.3, 0.4) is 0 Å². The van der Waals surface area contributed by atoms with Gasteiger partial charge in [0.1, 0.15) is 29.3 Å². The number of amides is 3. The molecule has 10 nitrogen and oxygen atoms in total. The second kappa shape index (κ2) is 11.7. The maximum atomic E-state index is 12.3. The Morgan fingerprint density at radius 2 is 1.42 bits per heavy atom. The van der Waals surface area contributed by atoms with Gasteiger partial charge >= 0.3 is 12.0 Å². The van der Waals surface area contributed by atoms with Gasteiger partial charge in [0.15, 0.2) is 0 Å². The number of pyridine rings is 1. The van der Waals surface area contributed by atoms with Gasteiger partial charge in [-0.15, -0.1) is 0 Å². The number of urea groups is 1. The number of esters is 1. The summed E-state index contributed by atoms with van der Waals surface area (Å²) >= 11 is 0. The molecule has 0 unspecified atom stereocenters. The molecule has 0 saturated heterocycles. The third kappa shape index (κ3) is 8.32. The van der Waals surface area contributed by atoms with Gasteiger partial charge in [-0.3, -0.25) is 14.6 Å². The molecule has 3 amide bonds. The van der Waals surface area contributed by atoms with Gasteiger partial charge in [0.05, 0.1) is 0 Å². The third-order valence-corrected chi connectivity index (χ3v) is 4.54. The van der Waals surface area contributed by atoms with Crippen LogP contribution in [0.5, 0.6) is 11.5 Å². The average molecular weight is 492 g/mol. The number of carbonyl (C=O) groups is 3. The van der Waals surface area contributed by atoms with E-state index >= 15 is 0 Å². The average Bonchev–Trinajstić information content (AvgIpc) is 2.83. The summed E-state index contributed by atoms with van der Waals surface area (Å²) in [6, 6.07) is 16.5. The van der Waals surface area contributed by atoms with Gasteiger partial charge in [-0.1, -0.05) is 0 Å². The topological polar surface area (TPSA) is 131 Å². The normalized spacial score (nSPS) is 10.7. The maximum absolute atomic E-state index is 12.3. The van der Waals surface area contributed by atoms with Crippen molar-refractivity contribution in [3.05, 3.63) is 72.6 Å². The first kappa shape index (κ1) is 26.0. The molecule has 0 aliphatic carbocycles. The predicted octanol–water partition coefficient (Wildman–Crippen LogP) is 4.63. The van der Waals surface area contributed by atoms with Crippen LogP contribution in [0.2, 0.25) is 0 Å². The van der Waals surface area contributed by atoms with Gasteiger partial charge in [-0.2, -0.15) is 0 Å². The van der Waals surface area contributed by atoms with Crippen LogP contribution < -0.4 is 26.0 Å². The van der Waals surface area contributed by atoms with Gasteiger partial charge in [-0.25, -0.2) is 4.79 Å². The third-order valence-electron chi connectivity index (χ3n) is 4.54. The lowest BCUT2D eigenvalue weighted by Crippen LogP contribution is -2.28. The summed E-state index contributed by atoms with van der Waals surface area (Å²) in [5, 5.41) is 11.0. The first-order chi connectivity index (χ1) is 17.1. The van der Waals surface area contributed by atoms with Crippen LogP contribution in [-0.2, 0) is 9.53 Å². The SMILES string of the molecule is CNC(=O)c1cc(Oc2ccc(NC(=O)Nc3ccc(NCC(=O)OC(C)(C)C)cc3)cc2)ccn1. The summed E-state index contributed by atoms with van der Waals surface area (Å²) in [7, 11) is 1.53. The quantitative estimate of drug-likeness (QED) is 0.338. The fraction of sp³-hybridized carbons (Fsp3) is 0.231. The second-order valence-corrected chi connectivity index (χ2v) is 8.68. The second-order valence-electron chi connectivity index (χ2n) is 8.68. The Morgan fingerprint density at radius 3 is 2.00 bits per heavy atom. The highest BCUT2D eigenvalue weighted by Gasteiger charge is 2.15. The van der Waals surface area contributed by atoms with E-state index in [-0.39, 0.29) is 24.1 Å². The Morgan fingerprint density at radius 1 is 0.833 bits per heavy atom. The van der Waals surface area contributed by atoms with Crippen molar-refractivity contribution in [3.63, 3.8) is 0 Å². The van der Waals surface area contributed by atoms with Crippen molar-refractivity contribution in [1.29, 1.82) is 0 Å². The van der Waals surface area contributed by atoms with Crippen LogP contribution in [0, 0.1) is 0 Å². The first-order valence-corrected chi connectivity index (χ1v) is 11.2. The highest BCUT2D eigenvalue weighted by molar-refractivity contribution is 5.99. The molecule has 10 heteroatoms. The summed E-state index contributed by atoms with van der Waals surface area (Å²) in [5.74, 6) is 0.336. The van der Waals surface area contributed by atoms with E-state index in [0.29, 0.717) is 22.9 Å². The fourth-order valence-corrected chi connectivity index (χ4v) is 2.99. The lowest BCUT2D eigenvalue weighted by Gasteiger charge is -2.19. The van der Waals surface area contributed by atoms with E-state index < -0.39 is 11.6 Å². The van der Waals surface area contributed by atoms with Gasteiger partial charge in [0, 0.05) is 36.4 Å². The summed E-state index contributed by atoms with van der Waals surface area (Å²) in [6.45, 7) is 5.48. The predicted molar refractivity (Wildman–Crippen MR) is 138 cm³/mol. The summed E-state index contributed by atoms with van der Waals surface area (Å²) < 4.78 is 11.0. The first-order valence-electron chi connectivity index (χ1n) is 11.2. The van der Waals surface area contributed by atoms with E-state index in [0.717, 1.165) is 5.69 Å². The molecule has 0 fully saturated rings. The Kier molecular flexibility index (Phi) is 8.45. The smallest absolute Gasteiger partial charge is 0.325 e. The number of nitrogens with zero attached hydrogens (tertiary/aromatic N) is 1. The van der Waals surface area contributed by atoms with Crippen molar-refractivity contribution in [2.45, 2.75) is 26.4 Å². The molecule has 0 atom stereocenters. The number of aromatic nitrogens is 1. The molecule has 0 bridgehead atoms. The van der Waals surface area contributed by atoms with E-state index in [9.17, 15) is 14.4 Å². The Labute approximate surface area is 209 Å². The molecule has 188 valence electrons. The minimum Gasteiger partial charge on any atom is -0.459 e. The largest absolute Gasteiger partial charge is 0.459 e. The van der Waals surface area contributed by atoms with Gasteiger partial charge < -0.3 is 30.7 Å². The van der Waals surface area contributed by atoms with Crippen LogP contribution in [0.1, 0.15) is 31.3 Å². The number of anilines is 3. The molecule has 2 aromatic carbocycles. The van der Waals surface area contributed by atoms with Crippen molar-refractivity contribution in [2.24, 2.45) is 0 Å². The lowest BCUT2D eigenvalue weighted by atomic mass is 10.2. The number of benzene rings is 2. The van der Waals surface area contributed by atoms with Crippen molar-refractivity contribution in [2.75, 3.05) is 29.5 Å². The van der Waals surface area contributed by atoms with E-state index in [2.05, 4.69) is 26.3 Å². The van der Waals surface area contributed by atoms with Crippen LogP contribution in [0.4, 0.5) is 21.9 Å². The van der Waals surface area contributed by atoms with Crippen LogP contribution in [-0.4, -0.2) is 42.1 Å². The molecule has 3 rings (SSSR count). The zero-order valence-electron chi connectivity index (χ0n) is 20.5. The van der Waals surface area contributed by atoms with E-state index in [1.54, 1.807) is 54.6 Å². The Balaban J connectivity index is 1.48. The molecule has 1 aromatic heterocycles. The van der Waals surface area contributed by atoms with Crippen molar-refractivity contribution in [1.82, 2.24) is 10.3 Å². The lowest BCUT2D eigenvalue weighted by molar-refractivity contribution is -0.152. The highest BCUT2D eigenvalue weighted by atomic mass is 16.6. The fourth-order valence-electron chi connectivity index (χ4n) is 2.99. The van der Waals surface area contributed by atoms with Crippen molar-refractivity contribution < 1.29 is 23.9 Å². The summed E-state index contributed by atoms with van der Waals surface area (Å²) in [5.41, 5.74) is 1.58. The molecule has 0 radical (unpaired) electrons. The molecule has 0 spiro atoms. The van der Waals surface area contributed by atoms with Gasteiger partial charge in [-0.05, 0) is 75.4 Å². The van der Waals surface area contributed by atoms with E-state index in [4.69, 9.17) is 9.47 Å². The number of carbonyl (C=O) groups excluding carboxylic acids is 3. The molecule has 1 heterocycles. The molecule has 0 aliphatic rings. The zero-order valence-corrected chi connectivity index (χ0v) is 20.5. The van der Waals surface area contributed by atoms with Crippen molar-refractivity contribution >= 4 is 35.0 Å². The van der Waals surface area contributed by atoms with Crippen LogP contribution in [0.15, 0.2) is 66.9 Å². The molecule has 4 N–H and O–H groups in total. The number of ether oxygens (including phenoxy) is 2. The summed E-state index contributed by atoms with van der Waals surface area (Å²) in [4.78, 5) is 39.9. The number of nitrogens with one attached hydrogen (secondary N) is 4. The van der Waals surface area contributed by atoms with Crippen molar-refractivity contribution in [3.8, 4) is 11.5 Å². The molecular weight excluding hydrogens is 462 g/mol. The molecule has 0 aliphatic heterocycles. The molecule has 36 heavy (non-hydrogen) atoms. The minimum absolute atomic E-state index is 0.0423. The number of rotatable bonds is 8. The zero-order chi connectivity index (χ0) is 26.1. The van der Waals surface area contributed by atoms with E-state index in [1.165, 1.54) is 19.3 Å². The maximum Gasteiger partial charge on any atom is 0.325 e. The monoisotopic (exact) mass is 491 g/mol. The Bertz CT molecular complexity index is 1200. The van der Waals surface area contributed by atoms with Gasteiger partial charge in [0.25, 0.3) is 5.91 Å². The number of hydrogen-bond acceptors (Lipinski definition) is 7. The highest BCUT2D eigenvalue weighted by Crippen LogP contribution is 2.23. The molecular formula is C26H29N5O5. The van der Waals surface area contributed by atoms with Crippen LogP contribution >= 0.6 is 0 Å². The summed E-state index contributed by atoms with van der Waals surface area (Å²) in [6.07, 6.45) is 1.49. The van der Waals surface area contributed by atoms with E-state index in [1.807, 2.05) is 20.8 Å². The van der Waals surface area contributed by atoms with Crippen LogP contribution in [0.25, 0.3) is 0 Å². The Hall–Kier alpha value is -4.60. The van der Waals surface area contributed by atoms with Gasteiger partial charge in [0.2, 0.25) is 0 Å². The number of hydrogen-bond donors (Lipinski definition) is 4. The standard InChI is InChI=1S/C26H29N5O5/c1-26(2,3)36-23(32)16-29-17-5-7-18(8-6-17)30-25(34)31-19-9-11-20(12-10-19)35-21-13-14-28-22(15-21)24(33)27-4/h5-15,29H,16H2,1-4H3,(H,27,33)(H2,30,31,34). The molecule has 3 aromatic rings.